The van der Waals surface area contributed by atoms with Crippen molar-refractivity contribution in [1.29, 1.82) is 5.26 Å². The third kappa shape index (κ3) is 7.18. The third-order valence-corrected chi connectivity index (χ3v) is 3.99. The summed E-state index contributed by atoms with van der Waals surface area (Å²) >= 11 is 0. The Labute approximate surface area is 130 Å². The van der Waals surface area contributed by atoms with E-state index in [4.69, 9.17) is 0 Å². The molecule has 0 aliphatic carbocycles. The highest BCUT2D eigenvalue weighted by Crippen LogP contribution is 2.18. The van der Waals surface area contributed by atoms with Gasteiger partial charge in [0, 0.05) is 12.2 Å². The van der Waals surface area contributed by atoms with E-state index in [1.54, 1.807) is 0 Å². The standard InChI is InChI=1S/C19H30N2/c1-3-4-5-6-7-8-9-13-16-21(18(2)17-20)19-14-11-10-12-15-19/h10-12,14-15,18H,3-9,13,16H2,1-2H3. The zero-order valence-electron chi connectivity index (χ0n) is 13.7. The predicted molar refractivity (Wildman–Crippen MR) is 91.5 cm³/mol. The lowest BCUT2D eigenvalue weighted by atomic mass is 10.1. The maximum Gasteiger partial charge on any atom is 0.114 e. The summed E-state index contributed by atoms with van der Waals surface area (Å²) in [5.41, 5.74) is 1.16. The van der Waals surface area contributed by atoms with E-state index < -0.39 is 0 Å². The zero-order chi connectivity index (χ0) is 15.3. The van der Waals surface area contributed by atoms with Gasteiger partial charge in [-0.25, -0.2) is 0 Å². The lowest BCUT2D eigenvalue weighted by Gasteiger charge is -2.27. The van der Waals surface area contributed by atoms with Crippen LogP contribution in [0.3, 0.4) is 0 Å². The highest BCUT2D eigenvalue weighted by molar-refractivity contribution is 5.48. The molecule has 2 heteroatoms. The van der Waals surface area contributed by atoms with Crippen LogP contribution in [0.5, 0.6) is 0 Å². The molecular formula is C19H30N2. The summed E-state index contributed by atoms with van der Waals surface area (Å²) in [6, 6.07) is 12.6. The fourth-order valence-electron chi connectivity index (χ4n) is 2.65. The van der Waals surface area contributed by atoms with Gasteiger partial charge < -0.3 is 4.90 Å². The maximum atomic E-state index is 9.20. The van der Waals surface area contributed by atoms with E-state index in [-0.39, 0.29) is 6.04 Å². The van der Waals surface area contributed by atoms with Crippen molar-refractivity contribution in [2.24, 2.45) is 0 Å². The summed E-state index contributed by atoms with van der Waals surface area (Å²) in [6.07, 6.45) is 10.6. The molecule has 1 aromatic carbocycles. The van der Waals surface area contributed by atoms with E-state index in [9.17, 15) is 5.26 Å². The number of benzene rings is 1. The number of anilines is 1. The molecule has 1 atom stereocenters. The number of hydrogen-bond acceptors (Lipinski definition) is 2. The number of rotatable bonds is 11. The van der Waals surface area contributed by atoms with Gasteiger partial charge in [-0.15, -0.1) is 0 Å². The van der Waals surface area contributed by atoms with E-state index in [1.807, 2.05) is 25.1 Å². The first-order valence-corrected chi connectivity index (χ1v) is 8.51. The minimum Gasteiger partial charge on any atom is -0.356 e. The Morgan fingerprint density at radius 1 is 0.952 bits per heavy atom. The largest absolute Gasteiger partial charge is 0.356 e. The van der Waals surface area contributed by atoms with Crippen LogP contribution in [0.4, 0.5) is 5.69 Å². The van der Waals surface area contributed by atoms with Crippen LogP contribution in [0.15, 0.2) is 30.3 Å². The van der Waals surface area contributed by atoms with E-state index in [1.165, 1.54) is 51.4 Å². The second-order valence-electron chi connectivity index (χ2n) is 5.81. The molecule has 0 aliphatic heterocycles. The molecule has 1 aromatic rings. The van der Waals surface area contributed by atoms with Crippen LogP contribution in [0, 0.1) is 11.3 Å². The molecule has 21 heavy (non-hydrogen) atoms. The summed E-state index contributed by atoms with van der Waals surface area (Å²) in [5.74, 6) is 0. The Bertz CT molecular complexity index is 394. The normalized spacial score (nSPS) is 11.9. The molecule has 0 aromatic heterocycles. The van der Waals surface area contributed by atoms with Gasteiger partial charge in [0.1, 0.15) is 6.04 Å². The average Bonchev–Trinajstić information content (AvgIpc) is 2.53. The van der Waals surface area contributed by atoms with Gasteiger partial charge in [-0.2, -0.15) is 5.26 Å². The van der Waals surface area contributed by atoms with Crippen LogP contribution < -0.4 is 4.90 Å². The van der Waals surface area contributed by atoms with Gasteiger partial charge in [0.05, 0.1) is 6.07 Å². The first kappa shape index (κ1) is 17.6. The van der Waals surface area contributed by atoms with Crippen LogP contribution in [0.2, 0.25) is 0 Å². The van der Waals surface area contributed by atoms with Crippen LogP contribution >= 0.6 is 0 Å². The molecule has 1 unspecified atom stereocenters. The van der Waals surface area contributed by atoms with Gasteiger partial charge in [-0.1, -0.05) is 70.1 Å². The molecule has 0 bridgehead atoms. The van der Waals surface area contributed by atoms with E-state index in [2.05, 4.69) is 30.0 Å². The van der Waals surface area contributed by atoms with Crippen LogP contribution in [0.25, 0.3) is 0 Å². The van der Waals surface area contributed by atoms with Crippen molar-refractivity contribution in [2.75, 3.05) is 11.4 Å². The van der Waals surface area contributed by atoms with Gasteiger partial charge >= 0.3 is 0 Å². The lowest BCUT2D eigenvalue weighted by molar-refractivity contribution is 0.567. The fraction of sp³-hybridized carbons (Fsp3) is 0.632. The number of hydrogen-bond donors (Lipinski definition) is 0. The molecule has 2 nitrogen and oxygen atoms in total. The summed E-state index contributed by atoms with van der Waals surface area (Å²) in [7, 11) is 0. The molecule has 0 saturated carbocycles. The monoisotopic (exact) mass is 286 g/mol. The van der Waals surface area contributed by atoms with Gasteiger partial charge in [-0.05, 0) is 25.5 Å². The lowest BCUT2D eigenvalue weighted by Crippen LogP contribution is -2.32. The van der Waals surface area contributed by atoms with Gasteiger partial charge in [-0.3, -0.25) is 0 Å². The van der Waals surface area contributed by atoms with Gasteiger partial charge in [0.15, 0.2) is 0 Å². The predicted octanol–water partition coefficient (Wildman–Crippen LogP) is 5.55. The SMILES string of the molecule is CCCCCCCCCCN(c1ccccc1)C(C)C#N. The van der Waals surface area contributed by atoms with Crippen LogP contribution in [-0.4, -0.2) is 12.6 Å². The third-order valence-electron chi connectivity index (χ3n) is 3.99. The minimum absolute atomic E-state index is 0.0584. The van der Waals surface area contributed by atoms with Crippen molar-refractivity contribution in [3.63, 3.8) is 0 Å². The molecule has 1 rings (SSSR count). The fourth-order valence-corrected chi connectivity index (χ4v) is 2.65. The number of unbranched alkanes of at least 4 members (excludes halogenated alkanes) is 7. The first-order chi connectivity index (χ1) is 10.3. The average molecular weight is 286 g/mol. The summed E-state index contributed by atoms with van der Waals surface area (Å²) in [4.78, 5) is 2.22. The molecule has 0 amide bonds. The van der Waals surface area contributed by atoms with Crippen molar-refractivity contribution in [2.45, 2.75) is 71.3 Å². The van der Waals surface area contributed by atoms with Gasteiger partial charge in [0.2, 0.25) is 0 Å². The molecule has 0 heterocycles. The minimum atomic E-state index is -0.0584. The smallest absolute Gasteiger partial charge is 0.114 e. The quantitative estimate of drug-likeness (QED) is 0.499. The molecule has 0 fully saturated rings. The molecular weight excluding hydrogens is 256 g/mol. The Kier molecular flexibility index (Phi) is 9.37. The second-order valence-corrected chi connectivity index (χ2v) is 5.81. The molecule has 0 saturated heterocycles. The van der Waals surface area contributed by atoms with Crippen molar-refractivity contribution in [3.05, 3.63) is 30.3 Å². The Morgan fingerprint density at radius 3 is 2.10 bits per heavy atom. The summed E-state index contributed by atoms with van der Waals surface area (Å²) in [5, 5.41) is 9.20. The Balaban J connectivity index is 2.27. The number of nitrogens with zero attached hydrogens (tertiary/aromatic N) is 2. The molecule has 116 valence electrons. The van der Waals surface area contributed by atoms with Gasteiger partial charge in [0.25, 0.3) is 0 Å². The summed E-state index contributed by atoms with van der Waals surface area (Å²) in [6.45, 7) is 5.22. The highest BCUT2D eigenvalue weighted by Gasteiger charge is 2.12. The topological polar surface area (TPSA) is 27.0 Å². The molecule has 0 spiro atoms. The molecule has 0 N–H and O–H groups in total. The highest BCUT2D eigenvalue weighted by atomic mass is 15.1. The second kappa shape index (κ2) is 11.2. The molecule has 0 radical (unpaired) electrons. The number of nitriles is 1. The van der Waals surface area contributed by atoms with E-state index >= 15 is 0 Å². The Hall–Kier alpha value is -1.49. The molecule has 0 aliphatic rings. The zero-order valence-corrected chi connectivity index (χ0v) is 13.7. The van der Waals surface area contributed by atoms with E-state index in [0.29, 0.717) is 0 Å². The Morgan fingerprint density at radius 2 is 1.52 bits per heavy atom. The van der Waals surface area contributed by atoms with Crippen molar-refractivity contribution in [3.8, 4) is 6.07 Å². The van der Waals surface area contributed by atoms with Crippen molar-refractivity contribution < 1.29 is 0 Å². The maximum absolute atomic E-state index is 9.20. The van der Waals surface area contributed by atoms with Crippen molar-refractivity contribution >= 4 is 5.69 Å². The number of para-hydroxylation sites is 1. The van der Waals surface area contributed by atoms with Crippen LogP contribution in [-0.2, 0) is 0 Å². The van der Waals surface area contributed by atoms with Crippen molar-refractivity contribution in [1.82, 2.24) is 0 Å². The van der Waals surface area contributed by atoms with Crippen LogP contribution in [0.1, 0.15) is 65.2 Å². The first-order valence-electron chi connectivity index (χ1n) is 8.51. The summed E-state index contributed by atoms with van der Waals surface area (Å²) < 4.78 is 0. The van der Waals surface area contributed by atoms with E-state index in [0.717, 1.165) is 12.2 Å².